The average molecular weight is 296 g/mol. The largest absolute Gasteiger partial charge is 0.397 e. The van der Waals surface area contributed by atoms with Crippen molar-refractivity contribution in [1.82, 2.24) is 9.80 Å². The van der Waals surface area contributed by atoms with E-state index < -0.39 is 5.82 Å². The number of likely N-dealkylation sites (N-methyl/N-ethyl adjacent to an activating group) is 1. The Bertz CT molecular complexity index is 465. The summed E-state index contributed by atoms with van der Waals surface area (Å²) in [7, 11) is 4.05. The number of hydrogen-bond donors (Lipinski definition) is 2. The van der Waals surface area contributed by atoms with Gasteiger partial charge in [-0.05, 0) is 58.3 Å². The fourth-order valence-electron chi connectivity index (χ4n) is 1.99. The third-order valence-electron chi connectivity index (χ3n) is 3.18. The summed E-state index contributed by atoms with van der Waals surface area (Å²) in [4.78, 5) is 16.2. The normalized spacial score (nSPS) is 11.1. The molecule has 0 unspecified atom stereocenters. The lowest BCUT2D eigenvalue weighted by molar-refractivity contribution is -0.117. The van der Waals surface area contributed by atoms with Crippen LogP contribution in [0.25, 0.3) is 0 Å². The van der Waals surface area contributed by atoms with Gasteiger partial charge in [-0.2, -0.15) is 0 Å². The summed E-state index contributed by atoms with van der Waals surface area (Å²) in [5, 5.41) is 2.66. The highest BCUT2D eigenvalue weighted by atomic mass is 19.1. The minimum Gasteiger partial charge on any atom is -0.397 e. The Hall–Kier alpha value is -1.66. The first-order valence-corrected chi connectivity index (χ1v) is 7.14. The molecule has 1 aromatic carbocycles. The molecule has 0 saturated heterocycles. The number of rotatable bonds is 8. The van der Waals surface area contributed by atoms with Gasteiger partial charge >= 0.3 is 0 Å². The second-order valence-corrected chi connectivity index (χ2v) is 5.31. The third kappa shape index (κ3) is 6.55. The van der Waals surface area contributed by atoms with Gasteiger partial charge in [0.2, 0.25) is 5.91 Å². The fraction of sp³-hybridized carbons (Fsp3) is 0.533. The lowest BCUT2D eigenvalue weighted by atomic mass is 10.2. The van der Waals surface area contributed by atoms with Gasteiger partial charge in [0.25, 0.3) is 0 Å². The molecule has 0 atom stereocenters. The number of carbonyl (C=O) groups is 1. The number of nitrogen functional groups attached to an aromatic ring is 1. The van der Waals surface area contributed by atoms with Crippen LogP contribution in [-0.2, 0) is 4.79 Å². The minimum absolute atomic E-state index is 0.181. The molecule has 0 heterocycles. The predicted octanol–water partition coefficient (Wildman–Crippen LogP) is 1.62. The number of carbonyl (C=O) groups excluding carboxylic acids is 1. The second kappa shape index (κ2) is 8.59. The van der Waals surface area contributed by atoms with Crippen LogP contribution in [0.15, 0.2) is 18.2 Å². The van der Waals surface area contributed by atoms with E-state index in [4.69, 9.17) is 5.73 Å². The number of nitrogens with zero attached hydrogens (tertiary/aromatic N) is 2. The van der Waals surface area contributed by atoms with E-state index in [0.29, 0.717) is 11.4 Å². The van der Waals surface area contributed by atoms with Gasteiger partial charge in [0.15, 0.2) is 0 Å². The van der Waals surface area contributed by atoms with E-state index in [1.165, 1.54) is 18.2 Å². The number of hydrogen-bond acceptors (Lipinski definition) is 4. The van der Waals surface area contributed by atoms with Gasteiger partial charge in [-0.3, -0.25) is 9.69 Å². The Labute approximate surface area is 125 Å². The van der Waals surface area contributed by atoms with Crippen molar-refractivity contribution in [2.45, 2.75) is 13.3 Å². The molecule has 0 aliphatic rings. The molecular formula is C15H25FN4O. The van der Waals surface area contributed by atoms with Crippen LogP contribution in [0.4, 0.5) is 15.8 Å². The molecule has 0 radical (unpaired) electrons. The topological polar surface area (TPSA) is 61.6 Å². The average Bonchev–Trinajstić information content (AvgIpc) is 2.41. The first kappa shape index (κ1) is 17.4. The summed E-state index contributed by atoms with van der Waals surface area (Å²) in [6, 6.07) is 3.94. The quantitative estimate of drug-likeness (QED) is 0.716. The molecule has 118 valence electrons. The highest BCUT2D eigenvalue weighted by Crippen LogP contribution is 2.19. The summed E-state index contributed by atoms with van der Waals surface area (Å²) in [6.45, 7) is 4.91. The molecule has 6 heteroatoms. The van der Waals surface area contributed by atoms with Crippen LogP contribution in [0.1, 0.15) is 13.3 Å². The molecule has 0 bridgehead atoms. The third-order valence-corrected chi connectivity index (χ3v) is 3.18. The number of nitrogens with two attached hydrogens (primary N) is 1. The van der Waals surface area contributed by atoms with Crippen molar-refractivity contribution in [3.8, 4) is 0 Å². The maximum atomic E-state index is 13.1. The SMILES string of the molecule is CCN(CCCN(C)C)CC(=O)Nc1cc(F)ccc1N. The Balaban J connectivity index is 2.49. The molecule has 3 N–H and O–H groups in total. The smallest absolute Gasteiger partial charge is 0.238 e. The van der Waals surface area contributed by atoms with Gasteiger partial charge in [-0.15, -0.1) is 0 Å². The van der Waals surface area contributed by atoms with Gasteiger partial charge in [-0.1, -0.05) is 6.92 Å². The van der Waals surface area contributed by atoms with Crippen LogP contribution in [0.2, 0.25) is 0 Å². The Morgan fingerprint density at radius 3 is 2.67 bits per heavy atom. The van der Waals surface area contributed by atoms with Crippen LogP contribution in [0.5, 0.6) is 0 Å². The highest BCUT2D eigenvalue weighted by molar-refractivity contribution is 5.95. The Morgan fingerprint density at radius 1 is 1.33 bits per heavy atom. The van der Waals surface area contributed by atoms with Gasteiger partial charge in [-0.25, -0.2) is 4.39 Å². The molecule has 5 nitrogen and oxygen atoms in total. The molecule has 0 aliphatic heterocycles. The summed E-state index contributed by atoms with van der Waals surface area (Å²) in [5.41, 5.74) is 6.40. The van der Waals surface area contributed by atoms with Crippen molar-refractivity contribution in [1.29, 1.82) is 0 Å². The Kier molecular flexibility index (Phi) is 7.11. The molecule has 0 fully saturated rings. The molecule has 21 heavy (non-hydrogen) atoms. The van der Waals surface area contributed by atoms with Crippen molar-refractivity contribution in [3.05, 3.63) is 24.0 Å². The second-order valence-electron chi connectivity index (χ2n) is 5.31. The summed E-state index contributed by atoms with van der Waals surface area (Å²) in [6.07, 6.45) is 0.996. The monoisotopic (exact) mass is 296 g/mol. The highest BCUT2D eigenvalue weighted by Gasteiger charge is 2.11. The van der Waals surface area contributed by atoms with E-state index in [1.807, 2.05) is 25.9 Å². The summed E-state index contributed by atoms with van der Waals surface area (Å²) in [5.74, 6) is -0.600. The van der Waals surface area contributed by atoms with Crippen LogP contribution >= 0.6 is 0 Å². The summed E-state index contributed by atoms with van der Waals surface area (Å²) >= 11 is 0. The van der Waals surface area contributed by atoms with E-state index in [1.54, 1.807) is 0 Å². The zero-order chi connectivity index (χ0) is 15.8. The van der Waals surface area contributed by atoms with Crippen molar-refractivity contribution in [2.24, 2.45) is 0 Å². The van der Waals surface area contributed by atoms with Crippen LogP contribution < -0.4 is 11.1 Å². The standard InChI is InChI=1S/C15H25FN4O/c1-4-20(9-5-8-19(2)3)11-15(21)18-14-10-12(16)6-7-13(14)17/h6-7,10H,4-5,8-9,11,17H2,1-3H3,(H,18,21). The van der Waals surface area contributed by atoms with Crippen LogP contribution in [0.3, 0.4) is 0 Å². The Morgan fingerprint density at radius 2 is 2.05 bits per heavy atom. The maximum Gasteiger partial charge on any atom is 0.238 e. The van der Waals surface area contributed by atoms with Crippen LogP contribution in [0, 0.1) is 5.82 Å². The van der Waals surface area contributed by atoms with Gasteiger partial charge < -0.3 is 16.0 Å². The van der Waals surface area contributed by atoms with Crippen molar-refractivity contribution < 1.29 is 9.18 Å². The molecule has 0 aromatic heterocycles. The first-order valence-electron chi connectivity index (χ1n) is 7.14. The molecule has 0 aliphatic carbocycles. The number of nitrogens with one attached hydrogen (secondary N) is 1. The number of anilines is 2. The first-order chi connectivity index (χ1) is 9.92. The molecule has 0 spiro atoms. The molecule has 1 aromatic rings. The maximum absolute atomic E-state index is 13.1. The van der Waals surface area contributed by atoms with Gasteiger partial charge in [0.05, 0.1) is 17.9 Å². The van der Waals surface area contributed by atoms with E-state index in [9.17, 15) is 9.18 Å². The fourth-order valence-corrected chi connectivity index (χ4v) is 1.99. The minimum atomic E-state index is -0.419. The summed E-state index contributed by atoms with van der Waals surface area (Å²) < 4.78 is 13.1. The lowest BCUT2D eigenvalue weighted by Crippen LogP contribution is -2.35. The van der Waals surface area contributed by atoms with E-state index >= 15 is 0 Å². The number of benzene rings is 1. The van der Waals surface area contributed by atoms with Crippen molar-refractivity contribution in [3.63, 3.8) is 0 Å². The zero-order valence-corrected chi connectivity index (χ0v) is 13.0. The zero-order valence-electron chi connectivity index (χ0n) is 13.0. The van der Waals surface area contributed by atoms with Crippen molar-refractivity contribution in [2.75, 3.05) is 51.3 Å². The molecule has 1 rings (SSSR count). The van der Waals surface area contributed by atoms with Gasteiger partial charge in [0.1, 0.15) is 5.82 Å². The molecule has 1 amide bonds. The molecule has 0 saturated carbocycles. The van der Waals surface area contributed by atoms with E-state index in [0.717, 1.165) is 26.1 Å². The number of amides is 1. The van der Waals surface area contributed by atoms with E-state index in [2.05, 4.69) is 10.2 Å². The van der Waals surface area contributed by atoms with Gasteiger partial charge in [0, 0.05) is 0 Å². The predicted molar refractivity (Wildman–Crippen MR) is 84.7 cm³/mol. The van der Waals surface area contributed by atoms with E-state index in [-0.39, 0.29) is 12.5 Å². The lowest BCUT2D eigenvalue weighted by Gasteiger charge is -2.21. The molecular weight excluding hydrogens is 271 g/mol. The number of halogens is 1. The van der Waals surface area contributed by atoms with Crippen LogP contribution in [-0.4, -0.2) is 56.0 Å². The van der Waals surface area contributed by atoms with Crippen molar-refractivity contribution >= 4 is 17.3 Å².